The van der Waals surface area contributed by atoms with Gasteiger partial charge in [0.05, 0.1) is 6.10 Å². The zero-order valence-electron chi connectivity index (χ0n) is 23.1. The smallest absolute Gasteiger partial charge is 0.407 e. The van der Waals surface area contributed by atoms with Crippen molar-refractivity contribution in [3.05, 3.63) is 42.1 Å². The molecule has 0 aliphatic rings. The van der Waals surface area contributed by atoms with Gasteiger partial charge in [0.2, 0.25) is 11.8 Å². The molecule has 3 amide bonds. The second-order valence-electron chi connectivity index (χ2n) is 9.74. The first-order chi connectivity index (χ1) is 17.2. The van der Waals surface area contributed by atoms with Crippen molar-refractivity contribution in [3.8, 4) is 0 Å². The van der Waals surface area contributed by atoms with Gasteiger partial charge in [0, 0.05) is 31.6 Å². The molecule has 7 N–H and O–H groups in total. The van der Waals surface area contributed by atoms with E-state index in [2.05, 4.69) is 16.0 Å². The number of nitrogens with two attached hydrogens (primary N) is 1. The standard InChI is InChI=1S/C20H31N3O4.C7H15NO2/c1-5-21-17(24)8-6-7-15-9-11-16(12-10-15)23-18(25)13-14-22-19(26)27-20(2,3)4;1-3-6(9)7(2,10)4-5-8/h9-12H,5-8,13-14H2,1-4H3,(H,21,24)(H,22,26)(H,23,25);4-6,9-10H,3,8H2,1-2H3/b;5-4-. The monoisotopic (exact) mass is 522 g/mol. The van der Waals surface area contributed by atoms with Gasteiger partial charge < -0.3 is 36.6 Å². The number of amides is 3. The Labute approximate surface area is 221 Å². The van der Waals surface area contributed by atoms with E-state index in [0.29, 0.717) is 25.1 Å². The summed E-state index contributed by atoms with van der Waals surface area (Å²) in [5.41, 5.74) is 5.12. The van der Waals surface area contributed by atoms with Crippen LogP contribution in [-0.2, 0) is 20.7 Å². The Morgan fingerprint density at radius 2 is 1.65 bits per heavy atom. The fraction of sp³-hybridized carbons (Fsp3) is 0.593. The van der Waals surface area contributed by atoms with Gasteiger partial charge in [-0.05, 0) is 83.9 Å². The van der Waals surface area contributed by atoms with Gasteiger partial charge in [-0.15, -0.1) is 0 Å². The minimum absolute atomic E-state index is 0.0707. The molecule has 37 heavy (non-hydrogen) atoms. The molecule has 0 saturated carbocycles. The third-order valence-corrected chi connectivity index (χ3v) is 5.00. The van der Waals surface area contributed by atoms with Crippen molar-refractivity contribution in [1.29, 1.82) is 0 Å². The number of aryl methyl sites for hydroxylation is 1. The number of carbonyl (C=O) groups excluding carboxylic acids is 3. The Hall–Kier alpha value is -3.11. The summed E-state index contributed by atoms with van der Waals surface area (Å²) in [6.07, 6.45) is 4.11. The van der Waals surface area contributed by atoms with Crippen LogP contribution in [-0.4, -0.2) is 58.5 Å². The average Bonchev–Trinajstić information content (AvgIpc) is 2.79. The highest BCUT2D eigenvalue weighted by Gasteiger charge is 2.25. The quantitative estimate of drug-likeness (QED) is 0.246. The number of hydrogen-bond acceptors (Lipinski definition) is 7. The average molecular weight is 523 g/mol. The van der Waals surface area contributed by atoms with Crippen LogP contribution < -0.4 is 21.7 Å². The van der Waals surface area contributed by atoms with Gasteiger partial charge in [-0.1, -0.05) is 19.1 Å². The second-order valence-corrected chi connectivity index (χ2v) is 9.74. The summed E-state index contributed by atoms with van der Waals surface area (Å²) < 4.78 is 5.10. The minimum Gasteiger partial charge on any atom is -0.444 e. The van der Waals surface area contributed by atoms with E-state index >= 15 is 0 Å². The first-order valence-corrected chi connectivity index (χ1v) is 12.7. The molecule has 1 aromatic carbocycles. The van der Waals surface area contributed by atoms with Gasteiger partial charge in [0.1, 0.15) is 11.2 Å². The van der Waals surface area contributed by atoms with Crippen LogP contribution in [0.25, 0.3) is 0 Å². The van der Waals surface area contributed by atoms with E-state index < -0.39 is 23.4 Å². The zero-order chi connectivity index (χ0) is 28.5. The molecule has 0 radical (unpaired) electrons. The van der Waals surface area contributed by atoms with Crippen molar-refractivity contribution in [2.24, 2.45) is 5.73 Å². The van der Waals surface area contributed by atoms with Crippen LogP contribution in [0.2, 0.25) is 0 Å². The topological polar surface area (TPSA) is 163 Å². The van der Waals surface area contributed by atoms with Gasteiger partial charge in [0.15, 0.2) is 0 Å². The summed E-state index contributed by atoms with van der Waals surface area (Å²) in [7, 11) is 0. The van der Waals surface area contributed by atoms with Gasteiger partial charge in [-0.2, -0.15) is 0 Å². The van der Waals surface area contributed by atoms with Crippen LogP contribution in [0.1, 0.15) is 72.8 Å². The van der Waals surface area contributed by atoms with E-state index in [1.807, 2.05) is 31.2 Å². The van der Waals surface area contributed by atoms with E-state index in [1.165, 1.54) is 19.2 Å². The zero-order valence-corrected chi connectivity index (χ0v) is 23.1. The second kappa shape index (κ2) is 17.4. The lowest BCUT2D eigenvalue weighted by Gasteiger charge is -2.24. The van der Waals surface area contributed by atoms with E-state index in [0.717, 1.165) is 18.4 Å². The van der Waals surface area contributed by atoms with Crippen LogP contribution >= 0.6 is 0 Å². The number of carbonyl (C=O) groups is 3. The van der Waals surface area contributed by atoms with E-state index in [-0.39, 0.29) is 24.8 Å². The molecule has 0 heterocycles. The predicted molar refractivity (Wildman–Crippen MR) is 146 cm³/mol. The van der Waals surface area contributed by atoms with Crippen LogP contribution in [0, 0.1) is 0 Å². The minimum atomic E-state index is -1.19. The van der Waals surface area contributed by atoms with Crippen LogP contribution in [0.4, 0.5) is 10.5 Å². The number of nitrogens with one attached hydrogen (secondary N) is 3. The molecular weight excluding hydrogens is 476 g/mol. The maximum Gasteiger partial charge on any atom is 0.407 e. The number of aliphatic hydroxyl groups is 2. The Balaban J connectivity index is 0.00000109. The summed E-state index contributed by atoms with van der Waals surface area (Å²) in [5, 5.41) is 26.6. The maximum absolute atomic E-state index is 11.9. The van der Waals surface area contributed by atoms with Gasteiger partial charge in [-0.25, -0.2) is 4.79 Å². The molecule has 10 heteroatoms. The molecule has 0 spiro atoms. The lowest BCUT2D eigenvalue weighted by Crippen LogP contribution is -2.36. The third-order valence-electron chi connectivity index (χ3n) is 5.00. The third kappa shape index (κ3) is 17.1. The van der Waals surface area contributed by atoms with Crippen molar-refractivity contribution < 1.29 is 29.3 Å². The number of hydrogen-bond donors (Lipinski definition) is 6. The summed E-state index contributed by atoms with van der Waals surface area (Å²) in [5.74, 6) is -0.114. The van der Waals surface area contributed by atoms with Crippen molar-refractivity contribution in [2.45, 2.75) is 91.0 Å². The van der Waals surface area contributed by atoms with Crippen molar-refractivity contribution >= 4 is 23.6 Å². The molecule has 0 aliphatic carbocycles. The van der Waals surface area contributed by atoms with Gasteiger partial charge in [0.25, 0.3) is 0 Å². The summed E-state index contributed by atoms with van der Waals surface area (Å²) in [6, 6.07) is 7.54. The van der Waals surface area contributed by atoms with Gasteiger partial charge in [-0.3, -0.25) is 9.59 Å². The van der Waals surface area contributed by atoms with E-state index in [4.69, 9.17) is 15.6 Å². The Morgan fingerprint density at radius 3 is 2.16 bits per heavy atom. The molecule has 0 aliphatic heterocycles. The number of ether oxygens (including phenoxy) is 1. The number of benzene rings is 1. The van der Waals surface area contributed by atoms with E-state index in [9.17, 15) is 19.5 Å². The largest absolute Gasteiger partial charge is 0.444 e. The highest BCUT2D eigenvalue weighted by atomic mass is 16.6. The van der Waals surface area contributed by atoms with Crippen LogP contribution in [0.3, 0.4) is 0 Å². The van der Waals surface area contributed by atoms with Gasteiger partial charge >= 0.3 is 6.09 Å². The fourth-order valence-electron chi connectivity index (χ4n) is 3.03. The summed E-state index contributed by atoms with van der Waals surface area (Å²) in [6.45, 7) is 11.4. The predicted octanol–water partition coefficient (Wildman–Crippen LogP) is 2.98. The highest BCUT2D eigenvalue weighted by molar-refractivity contribution is 5.91. The lowest BCUT2D eigenvalue weighted by molar-refractivity contribution is -0.121. The fourth-order valence-corrected chi connectivity index (χ4v) is 3.03. The van der Waals surface area contributed by atoms with Crippen LogP contribution in [0.5, 0.6) is 0 Å². The molecule has 1 rings (SSSR count). The molecule has 10 nitrogen and oxygen atoms in total. The SMILES string of the molecule is CCC(O)C(C)(O)/C=C\N.CCNC(=O)CCCc1ccc(NC(=O)CCNC(=O)OC(C)(C)C)cc1. The number of alkyl carbamates (subject to hydrolysis) is 1. The lowest BCUT2D eigenvalue weighted by atomic mass is 9.97. The molecule has 0 aromatic heterocycles. The van der Waals surface area contributed by atoms with Crippen molar-refractivity contribution in [2.75, 3.05) is 18.4 Å². The first-order valence-electron chi connectivity index (χ1n) is 12.7. The molecule has 0 fully saturated rings. The molecule has 210 valence electrons. The number of rotatable bonds is 12. The summed E-state index contributed by atoms with van der Waals surface area (Å²) >= 11 is 0. The Kier molecular flexibility index (Phi) is 15.9. The number of anilines is 1. The van der Waals surface area contributed by atoms with Crippen molar-refractivity contribution in [3.63, 3.8) is 0 Å². The first kappa shape index (κ1) is 33.9. The molecule has 1 aromatic rings. The van der Waals surface area contributed by atoms with E-state index in [1.54, 1.807) is 27.7 Å². The molecule has 2 atom stereocenters. The van der Waals surface area contributed by atoms with Crippen LogP contribution in [0.15, 0.2) is 36.5 Å². The normalized spacial score (nSPS) is 13.5. The molecule has 0 saturated heterocycles. The molecular formula is C27H46N4O6. The van der Waals surface area contributed by atoms with Crippen molar-refractivity contribution in [1.82, 2.24) is 10.6 Å². The number of aliphatic hydroxyl groups excluding tert-OH is 1. The highest BCUT2D eigenvalue weighted by Crippen LogP contribution is 2.14. The Morgan fingerprint density at radius 1 is 1.03 bits per heavy atom. The maximum atomic E-state index is 11.9. The summed E-state index contributed by atoms with van der Waals surface area (Å²) in [4.78, 5) is 34.8. The molecule has 2 unspecified atom stereocenters. The Bertz CT molecular complexity index is 847. The molecule has 0 bridgehead atoms.